The molecule has 10 heteroatoms. The first-order chi connectivity index (χ1) is 16.3. The van der Waals surface area contributed by atoms with Crippen LogP contribution in [0.1, 0.15) is 69.1 Å². The number of nitrogens with one attached hydrogen (secondary N) is 1. The normalized spacial score (nSPS) is 10.9. The molecule has 2 aromatic carbocycles. The van der Waals surface area contributed by atoms with Crippen molar-refractivity contribution in [3.05, 3.63) is 46.3 Å². The van der Waals surface area contributed by atoms with E-state index >= 15 is 0 Å². The Hall–Kier alpha value is -3.95. The topological polar surface area (TPSA) is 121 Å². The van der Waals surface area contributed by atoms with Crippen LogP contribution in [0, 0.1) is 5.82 Å². The highest BCUT2D eigenvalue weighted by Crippen LogP contribution is 2.38. The van der Waals surface area contributed by atoms with Crippen molar-refractivity contribution in [2.24, 2.45) is 0 Å². The van der Waals surface area contributed by atoms with Crippen LogP contribution in [0.15, 0.2) is 18.2 Å². The lowest BCUT2D eigenvalue weighted by Crippen LogP contribution is -2.24. The van der Waals surface area contributed by atoms with E-state index < -0.39 is 40.8 Å². The molecule has 1 aromatic heterocycles. The maximum absolute atomic E-state index is 14.7. The maximum atomic E-state index is 14.7. The van der Waals surface area contributed by atoms with Crippen LogP contribution in [0.4, 0.5) is 4.39 Å². The maximum Gasteiger partial charge on any atom is 0.341 e. The number of halogens is 1. The Morgan fingerprint density at radius 1 is 0.676 bits per heavy atom. The van der Waals surface area contributed by atoms with Crippen molar-refractivity contribution in [1.82, 2.24) is 4.98 Å². The zero-order valence-electron chi connectivity index (χ0n) is 19.2. The molecule has 3 rings (SSSR count). The van der Waals surface area contributed by atoms with Gasteiger partial charge in [0.25, 0.3) is 0 Å². The van der Waals surface area contributed by atoms with Gasteiger partial charge in [-0.3, -0.25) is 0 Å². The Morgan fingerprint density at radius 2 is 1.12 bits per heavy atom. The minimum absolute atomic E-state index is 0.0205. The minimum Gasteiger partial charge on any atom is -0.462 e. The van der Waals surface area contributed by atoms with Crippen molar-refractivity contribution in [3.63, 3.8) is 0 Å². The quantitative estimate of drug-likeness (QED) is 0.382. The van der Waals surface area contributed by atoms with E-state index in [2.05, 4.69) is 4.98 Å². The molecule has 0 aliphatic rings. The van der Waals surface area contributed by atoms with Crippen LogP contribution in [-0.4, -0.2) is 55.3 Å². The number of benzene rings is 2. The molecule has 0 atom stereocenters. The van der Waals surface area contributed by atoms with Gasteiger partial charge in [0.15, 0.2) is 0 Å². The SMILES string of the molecule is CCOC(=O)c1c(C(=O)OCC)c(C(=O)OCC)c2c([nH]c3c(F)cccc32)c1C(=O)OCC. The van der Waals surface area contributed by atoms with E-state index in [1.54, 1.807) is 13.8 Å². The summed E-state index contributed by atoms with van der Waals surface area (Å²) in [5, 5.41) is 0.219. The Balaban J connectivity index is 2.68. The van der Waals surface area contributed by atoms with Crippen molar-refractivity contribution < 1.29 is 42.5 Å². The molecule has 0 spiro atoms. The van der Waals surface area contributed by atoms with Crippen molar-refractivity contribution >= 4 is 45.7 Å². The lowest BCUT2D eigenvalue weighted by Gasteiger charge is -2.18. The highest BCUT2D eigenvalue weighted by molar-refractivity contribution is 6.28. The zero-order valence-corrected chi connectivity index (χ0v) is 19.2. The summed E-state index contributed by atoms with van der Waals surface area (Å²) in [6.45, 7) is 5.93. The first-order valence-electron chi connectivity index (χ1n) is 10.8. The number of hydrogen-bond acceptors (Lipinski definition) is 8. The van der Waals surface area contributed by atoms with Gasteiger partial charge in [-0.25, -0.2) is 23.6 Å². The predicted molar refractivity (Wildman–Crippen MR) is 120 cm³/mol. The van der Waals surface area contributed by atoms with Crippen LogP contribution < -0.4 is 0 Å². The van der Waals surface area contributed by atoms with Crippen LogP contribution in [0.2, 0.25) is 0 Å². The van der Waals surface area contributed by atoms with Crippen molar-refractivity contribution in [3.8, 4) is 0 Å². The average molecular weight is 473 g/mol. The lowest BCUT2D eigenvalue weighted by atomic mass is 9.90. The van der Waals surface area contributed by atoms with E-state index in [9.17, 15) is 23.6 Å². The smallest absolute Gasteiger partial charge is 0.341 e. The Labute approximate surface area is 194 Å². The number of aromatic amines is 1. The number of hydrogen-bond donors (Lipinski definition) is 1. The molecule has 0 fully saturated rings. The van der Waals surface area contributed by atoms with Crippen LogP contribution in [0.25, 0.3) is 21.8 Å². The molecule has 9 nitrogen and oxygen atoms in total. The number of H-pyrrole nitrogens is 1. The summed E-state index contributed by atoms with van der Waals surface area (Å²) in [7, 11) is 0. The van der Waals surface area contributed by atoms with Crippen LogP contribution in [0.5, 0.6) is 0 Å². The number of aromatic nitrogens is 1. The molecule has 1 N–H and O–H groups in total. The van der Waals surface area contributed by atoms with Crippen LogP contribution in [-0.2, 0) is 18.9 Å². The summed E-state index contributed by atoms with van der Waals surface area (Å²) in [6, 6.07) is 4.10. The lowest BCUT2D eigenvalue weighted by molar-refractivity contribution is 0.0446. The number of carbonyl (C=O) groups excluding carboxylic acids is 4. The van der Waals surface area contributed by atoms with Gasteiger partial charge in [-0.15, -0.1) is 0 Å². The molecule has 0 unspecified atom stereocenters. The van der Waals surface area contributed by atoms with Gasteiger partial charge >= 0.3 is 23.9 Å². The van der Waals surface area contributed by atoms with Crippen LogP contribution in [0.3, 0.4) is 0 Å². The van der Waals surface area contributed by atoms with Gasteiger partial charge in [0.2, 0.25) is 0 Å². The molecular formula is C24H24FNO8. The molecule has 34 heavy (non-hydrogen) atoms. The zero-order chi connectivity index (χ0) is 25.0. The third-order valence-corrected chi connectivity index (χ3v) is 4.95. The number of ether oxygens (including phenoxy) is 4. The van der Waals surface area contributed by atoms with Gasteiger partial charge < -0.3 is 23.9 Å². The molecule has 0 radical (unpaired) electrons. The molecule has 0 saturated heterocycles. The molecule has 1 heterocycles. The van der Waals surface area contributed by atoms with Gasteiger partial charge in [-0.1, -0.05) is 12.1 Å². The predicted octanol–water partition coefficient (Wildman–Crippen LogP) is 4.17. The number of para-hydroxylation sites is 1. The first kappa shape index (κ1) is 24.7. The highest BCUT2D eigenvalue weighted by atomic mass is 19.1. The molecule has 0 saturated carbocycles. The van der Waals surface area contributed by atoms with E-state index in [1.165, 1.54) is 32.0 Å². The van der Waals surface area contributed by atoms with E-state index in [4.69, 9.17) is 18.9 Å². The van der Waals surface area contributed by atoms with Gasteiger partial charge in [-0.2, -0.15) is 0 Å². The monoisotopic (exact) mass is 473 g/mol. The van der Waals surface area contributed by atoms with Gasteiger partial charge in [-0.05, 0) is 33.8 Å². The minimum atomic E-state index is -1.06. The Morgan fingerprint density at radius 3 is 1.62 bits per heavy atom. The fraction of sp³-hybridized carbons (Fsp3) is 0.333. The standard InChI is InChI=1S/C24H24FNO8/c1-5-31-21(27)15-14-12-10-9-11-13(25)19(12)26-20(14)18(24(30)34-8-4)17(23(29)33-7-3)16(15)22(28)32-6-2/h9-11,26H,5-8H2,1-4H3. The summed E-state index contributed by atoms with van der Waals surface area (Å²) in [5.41, 5.74) is -1.87. The molecule has 3 aromatic rings. The summed E-state index contributed by atoms with van der Waals surface area (Å²) in [6.07, 6.45) is 0. The number of rotatable bonds is 8. The third-order valence-electron chi connectivity index (χ3n) is 4.95. The number of fused-ring (bicyclic) bond motifs is 3. The van der Waals surface area contributed by atoms with Gasteiger partial charge in [0.05, 0.1) is 59.7 Å². The molecule has 0 bridgehead atoms. The fourth-order valence-corrected chi connectivity index (χ4v) is 3.76. The Bertz CT molecular complexity index is 1290. The van der Waals surface area contributed by atoms with E-state index in [0.29, 0.717) is 0 Å². The van der Waals surface area contributed by atoms with Crippen molar-refractivity contribution in [2.75, 3.05) is 26.4 Å². The molecule has 0 amide bonds. The van der Waals surface area contributed by atoms with Gasteiger partial charge in [0, 0.05) is 10.8 Å². The summed E-state index contributed by atoms with van der Waals surface area (Å²) < 4.78 is 35.3. The number of carbonyl (C=O) groups is 4. The number of esters is 4. The van der Waals surface area contributed by atoms with Gasteiger partial charge in [0.1, 0.15) is 5.82 Å². The second kappa shape index (κ2) is 10.3. The second-order valence-electron chi connectivity index (χ2n) is 6.92. The molecule has 0 aliphatic carbocycles. The second-order valence-corrected chi connectivity index (χ2v) is 6.92. The average Bonchev–Trinajstić information content (AvgIpc) is 3.18. The van der Waals surface area contributed by atoms with E-state index in [1.807, 2.05) is 0 Å². The molecular weight excluding hydrogens is 449 g/mol. The Kier molecular flexibility index (Phi) is 7.50. The summed E-state index contributed by atoms with van der Waals surface area (Å²) in [4.78, 5) is 55.2. The molecule has 180 valence electrons. The first-order valence-corrected chi connectivity index (χ1v) is 10.8. The van der Waals surface area contributed by atoms with E-state index in [-0.39, 0.29) is 59.4 Å². The summed E-state index contributed by atoms with van der Waals surface area (Å²) in [5.74, 6) is -4.70. The largest absolute Gasteiger partial charge is 0.462 e. The third kappa shape index (κ3) is 4.18. The van der Waals surface area contributed by atoms with Crippen molar-refractivity contribution in [1.29, 1.82) is 0 Å². The van der Waals surface area contributed by atoms with Crippen LogP contribution >= 0.6 is 0 Å². The van der Waals surface area contributed by atoms with E-state index in [0.717, 1.165) is 0 Å². The van der Waals surface area contributed by atoms with Crippen molar-refractivity contribution in [2.45, 2.75) is 27.7 Å². The highest BCUT2D eigenvalue weighted by Gasteiger charge is 2.37. The molecule has 0 aliphatic heterocycles. The fourth-order valence-electron chi connectivity index (χ4n) is 3.76. The summed E-state index contributed by atoms with van der Waals surface area (Å²) >= 11 is 0.